The topological polar surface area (TPSA) is 45.2 Å². The first-order valence-electron chi connectivity index (χ1n) is 16.4. The minimum absolute atomic E-state index is 0.0144. The fraction of sp³-hybridized carbons (Fsp3) is 0.500. The van der Waals surface area contributed by atoms with Crippen LogP contribution in [0.5, 0.6) is 11.5 Å². The van der Waals surface area contributed by atoms with Gasteiger partial charge < -0.3 is 19.3 Å². The maximum atomic E-state index is 14.5. The number of ether oxygens (including phenoxy) is 2. The summed E-state index contributed by atoms with van der Waals surface area (Å²) in [6, 6.07) is 28.1. The molecule has 3 aromatic carbocycles. The van der Waals surface area contributed by atoms with Gasteiger partial charge in [-0.2, -0.15) is 0 Å². The largest absolute Gasteiger partial charge is 0.493 e. The van der Waals surface area contributed by atoms with Gasteiger partial charge in [0.2, 0.25) is 0 Å². The zero-order chi connectivity index (χ0) is 30.8. The van der Waals surface area contributed by atoms with Crippen LogP contribution < -0.4 is 9.47 Å². The summed E-state index contributed by atoms with van der Waals surface area (Å²) in [5.74, 6) is 1.41. The molecule has 1 saturated heterocycles. The van der Waals surface area contributed by atoms with Gasteiger partial charge in [-0.05, 0) is 99.7 Å². The Hall–Kier alpha value is -3.51. The molecule has 0 bridgehead atoms. The maximum Gasteiger partial charge on any atom is 0.320 e. The zero-order valence-electron chi connectivity index (χ0n) is 27.1. The maximum absolute atomic E-state index is 14.5. The Morgan fingerprint density at radius 1 is 0.773 bits per heavy atom. The molecule has 234 valence electrons. The summed E-state index contributed by atoms with van der Waals surface area (Å²) in [5, 5.41) is 0. The highest BCUT2D eigenvalue weighted by molar-refractivity contribution is 5.78. The molecule has 3 fully saturated rings. The molecule has 1 spiro atoms. The van der Waals surface area contributed by atoms with Crippen molar-refractivity contribution in [2.75, 3.05) is 41.4 Å². The molecule has 1 heterocycles. The van der Waals surface area contributed by atoms with E-state index < -0.39 is 0 Å². The highest BCUT2D eigenvalue weighted by atomic mass is 16.5. The summed E-state index contributed by atoms with van der Waals surface area (Å²) in [7, 11) is 7.76. The molecule has 2 amide bonds. The first kappa shape index (κ1) is 30.5. The molecule has 2 saturated carbocycles. The van der Waals surface area contributed by atoms with Crippen molar-refractivity contribution in [1.29, 1.82) is 0 Å². The second-order valence-corrected chi connectivity index (χ2v) is 13.8. The van der Waals surface area contributed by atoms with Gasteiger partial charge in [0.25, 0.3) is 0 Å². The van der Waals surface area contributed by atoms with E-state index in [-0.39, 0.29) is 22.5 Å². The van der Waals surface area contributed by atoms with Crippen molar-refractivity contribution in [2.45, 2.75) is 75.4 Å². The van der Waals surface area contributed by atoms with Gasteiger partial charge in [0.05, 0.1) is 19.8 Å². The van der Waals surface area contributed by atoms with Gasteiger partial charge in [0.1, 0.15) is 0 Å². The number of carbonyl (C=O) groups is 1. The first-order chi connectivity index (χ1) is 21.3. The summed E-state index contributed by atoms with van der Waals surface area (Å²) in [6.45, 7) is 2.21. The molecule has 0 N–H and O–H groups in total. The van der Waals surface area contributed by atoms with Gasteiger partial charge in [0, 0.05) is 25.2 Å². The molecule has 0 unspecified atom stereocenters. The van der Waals surface area contributed by atoms with Crippen molar-refractivity contribution in [1.82, 2.24) is 14.7 Å². The molecule has 2 aliphatic carbocycles. The minimum Gasteiger partial charge on any atom is -0.493 e. The molecule has 0 aromatic heterocycles. The van der Waals surface area contributed by atoms with E-state index in [1.54, 1.807) is 14.2 Å². The number of methoxy groups -OCH3 is 2. The molecule has 6 heteroatoms. The van der Waals surface area contributed by atoms with Gasteiger partial charge in [0.15, 0.2) is 11.5 Å². The molecule has 0 atom stereocenters. The third-order valence-electron chi connectivity index (χ3n) is 11.3. The van der Waals surface area contributed by atoms with Crippen LogP contribution in [0.1, 0.15) is 68.1 Å². The number of aryl methyl sites for hydroxylation is 1. The molecule has 44 heavy (non-hydrogen) atoms. The Morgan fingerprint density at radius 3 is 2.02 bits per heavy atom. The van der Waals surface area contributed by atoms with E-state index in [9.17, 15) is 4.79 Å². The summed E-state index contributed by atoms with van der Waals surface area (Å²) in [4.78, 5) is 21.4. The van der Waals surface area contributed by atoms with Gasteiger partial charge in [-0.3, -0.25) is 4.90 Å². The monoisotopic (exact) mass is 595 g/mol. The summed E-state index contributed by atoms with van der Waals surface area (Å²) in [5.41, 5.74) is 3.88. The van der Waals surface area contributed by atoms with E-state index in [0.29, 0.717) is 18.0 Å². The predicted octanol–water partition coefficient (Wildman–Crippen LogP) is 7.51. The van der Waals surface area contributed by atoms with E-state index in [4.69, 9.17) is 9.47 Å². The highest BCUT2D eigenvalue weighted by Crippen LogP contribution is 2.52. The number of benzene rings is 3. The van der Waals surface area contributed by atoms with E-state index in [1.807, 2.05) is 12.1 Å². The number of amides is 2. The first-order valence-corrected chi connectivity index (χ1v) is 16.4. The van der Waals surface area contributed by atoms with Crippen LogP contribution in [0.3, 0.4) is 0 Å². The number of urea groups is 1. The normalized spacial score (nSPS) is 24.5. The van der Waals surface area contributed by atoms with E-state index in [1.165, 1.54) is 30.4 Å². The number of hydrogen-bond acceptors (Lipinski definition) is 4. The second-order valence-electron chi connectivity index (χ2n) is 13.8. The van der Waals surface area contributed by atoms with Gasteiger partial charge in [-0.1, -0.05) is 73.2 Å². The van der Waals surface area contributed by atoms with E-state index in [2.05, 4.69) is 95.5 Å². The highest BCUT2D eigenvalue weighted by Gasteiger charge is 2.56. The van der Waals surface area contributed by atoms with Crippen molar-refractivity contribution in [3.63, 3.8) is 0 Å². The Labute approximate surface area is 263 Å². The van der Waals surface area contributed by atoms with Crippen LogP contribution in [-0.4, -0.2) is 67.7 Å². The van der Waals surface area contributed by atoms with Crippen molar-refractivity contribution >= 4 is 6.03 Å². The van der Waals surface area contributed by atoms with Crippen molar-refractivity contribution in [3.8, 4) is 11.5 Å². The fourth-order valence-electron chi connectivity index (χ4n) is 8.29. The molecule has 6 nitrogen and oxygen atoms in total. The summed E-state index contributed by atoms with van der Waals surface area (Å²) < 4.78 is 11.1. The summed E-state index contributed by atoms with van der Waals surface area (Å²) in [6.07, 6.45) is 9.97. The van der Waals surface area contributed by atoms with Crippen LogP contribution >= 0.6 is 0 Å². The molecular formula is C38H49N3O3. The number of nitrogens with zero attached hydrogens (tertiary/aromatic N) is 3. The van der Waals surface area contributed by atoms with Gasteiger partial charge >= 0.3 is 6.03 Å². The standard InChI is InChI=1S/C38H49N3O3/c1-39(2)38(32-14-9-6-10-15-32)24-22-37(23-25-38)29-40(27-31-16-17-33(43-3)34(26-31)44-4)35(42)41(37)28-36(19-11-20-36)21-18-30-12-7-5-8-13-30/h5-10,12-17,26H,11,18-25,27-29H2,1-4H3. The van der Waals surface area contributed by atoms with Crippen molar-refractivity contribution in [2.24, 2.45) is 5.41 Å². The molecule has 6 rings (SSSR count). The van der Waals surface area contributed by atoms with Crippen molar-refractivity contribution in [3.05, 3.63) is 95.6 Å². The average Bonchev–Trinajstić information content (AvgIpc) is 3.28. The number of carbonyl (C=O) groups excluding carboxylic acids is 1. The smallest absolute Gasteiger partial charge is 0.320 e. The van der Waals surface area contributed by atoms with Gasteiger partial charge in [-0.15, -0.1) is 0 Å². The minimum atomic E-state index is -0.155. The quantitative estimate of drug-likeness (QED) is 0.230. The fourth-order valence-corrected chi connectivity index (χ4v) is 8.29. The Balaban J connectivity index is 1.28. The molecule has 3 aliphatic rings. The Bertz CT molecular complexity index is 1410. The van der Waals surface area contributed by atoms with Crippen molar-refractivity contribution < 1.29 is 14.3 Å². The number of hydrogen-bond donors (Lipinski definition) is 0. The van der Waals surface area contributed by atoms with Crippen LogP contribution in [0.15, 0.2) is 78.9 Å². The third-order valence-corrected chi connectivity index (χ3v) is 11.3. The third kappa shape index (κ3) is 5.69. The lowest BCUT2D eigenvalue weighted by Crippen LogP contribution is -2.58. The number of rotatable bonds is 11. The van der Waals surface area contributed by atoms with Crippen LogP contribution in [0.25, 0.3) is 0 Å². The summed E-state index contributed by atoms with van der Waals surface area (Å²) >= 11 is 0. The van der Waals surface area contributed by atoms with Gasteiger partial charge in [-0.25, -0.2) is 4.79 Å². The van der Waals surface area contributed by atoms with E-state index in [0.717, 1.165) is 57.2 Å². The lowest BCUT2D eigenvalue weighted by Gasteiger charge is -2.53. The van der Waals surface area contributed by atoms with Crippen LogP contribution in [-0.2, 0) is 18.5 Å². The SMILES string of the molecule is COc1ccc(CN2CC3(CCC(c4ccccc4)(N(C)C)CC3)N(CC3(CCc4ccccc4)CCC3)C2=O)cc1OC. The second kappa shape index (κ2) is 12.5. The molecule has 3 aromatic rings. The van der Waals surface area contributed by atoms with Crippen LogP contribution in [0.4, 0.5) is 4.79 Å². The van der Waals surface area contributed by atoms with Crippen LogP contribution in [0, 0.1) is 5.41 Å². The Morgan fingerprint density at radius 2 is 1.43 bits per heavy atom. The Kier molecular flexibility index (Phi) is 8.65. The zero-order valence-corrected chi connectivity index (χ0v) is 27.1. The van der Waals surface area contributed by atoms with E-state index >= 15 is 0 Å². The molecular weight excluding hydrogens is 546 g/mol. The molecule has 1 aliphatic heterocycles. The lowest BCUT2D eigenvalue weighted by molar-refractivity contribution is -0.00806. The van der Waals surface area contributed by atoms with Crippen LogP contribution in [0.2, 0.25) is 0 Å². The lowest BCUT2D eigenvalue weighted by atomic mass is 9.64. The average molecular weight is 596 g/mol. The predicted molar refractivity (Wildman–Crippen MR) is 176 cm³/mol. The molecule has 0 radical (unpaired) electrons.